The van der Waals surface area contributed by atoms with Crippen LogP contribution >= 0.6 is 0 Å². The zero-order chi connectivity index (χ0) is 19.8. The average molecular weight is 374 g/mol. The summed E-state index contributed by atoms with van der Waals surface area (Å²) in [7, 11) is 0. The van der Waals surface area contributed by atoms with E-state index in [1.54, 1.807) is 36.5 Å². The van der Waals surface area contributed by atoms with Crippen LogP contribution in [0, 0.1) is 11.8 Å². The largest absolute Gasteiger partial charge is 0.382 e. The molecule has 0 saturated carbocycles. The highest BCUT2D eigenvalue weighted by Gasteiger charge is 2.04. The van der Waals surface area contributed by atoms with Crippen molar-refractivity contribution in [2.24, 2.45) is 0 Å². The van der Waals surface area contributed by atoms with Gasteiger partial charge in [-0.1, -0.05) is 17.9 Å². The molecule has 2 heterocycles. The molecule has 0 unspecified atom stereocenters. The molecule has 0 saturated heterocycles. The van der Waals surface area contributed by atoms with Crippen molar-refractivity contribution in [2.45, 2.75) is 6.42 Å². The van der Waals surface area contributed by atoms with Crippen LogP contribution in [0.1, 0.15) is 16.8 Å². The van der Waals surface area contributed by atoms with Crippen LogP contribution in [0.2, 0.25) is 0 Å². The molecule has 2 amide bonds. The summed E-state index contributed by atoms with van der Waals surface area (Å²) in [4.78, 5) is 27.7. The number of carbonyl (C=O) groups excluding carboxylic acids is 1. The molecule has 2 aromatic heterocycles. The molecule has 0 aliphatic rings. The Balaban J connectivity index is 1.59. The Kier molecular flexibility index (Phi) is 5.95. The van der Waals surface area contributed by atoms with Crippen molar-refractivity contribution in [2.75, 3.05) is 23.3 Å². The predicted molar refractivity (Wildman–Crippen MR) is 106 cm³/mol. The molecule has 0 radical (unpaired) electrons. The van der Waals surface area contributed by atoms with Crippen LogP contribution in [0.15, 0.2) is 49.2 Å². The molecule has 140 valence electrons. The maximum atomic E-state index is 12.0. The molecule has 0 spiro atoms. The van der Waals surface area contributed by atoms with Crippen molar-refractivity contribution in [1.82, 2.24) is 25.3 Å². The standard InChI is InChI=1S/C19H18N8O/c20-17-16(18(21)26-12-25-17)5-4-13-2-1-3-15(10-13)27-19(28)23-9-7-14-6-8-22-11-24-14/h1-3,6,8,10-12H,7,9H2,(H2,23,27,28)(H4,20,21,25,26). The highest BCUT2D eigenvalue weighted by Crippen LogP contribution is 2.13. The van der Waals surface area contributed by atoms with Gasteiger partial charge in [0.1, 0.15) is 29.9 Å². The molecule has 0 aliphatic carbocycles. The van der Waals surface area contributed by atoms with E-state index in [1.165, 1.54) is 12.7 Å². The fourth-order valence-corrected chi connectivity index (χ4v) is 2.30. The second-order valence-corrected chi connectivity index (χ2v) is 5.68. The van der Waals surface area contributed by atoms with Gasteiger partial charge in [-0.05, 0) is 24.3 Å². The van der Waals surface area contributed by atoms with Crippen LogP contribution in [0.5, 0.6) is 0 Å². The van der Waals surface area contributed by atoms with Crippen LogP contribution in [-0.2, 0) is 6.42 Å². The summed E-state index contributed by atoms with van der Waals surface area (Å²) >= 11 is 0. The van der Waals surface area contributed by atoms with Gasteiger partial charge in [-0.25, -0.2) is 24.7 Å². The van der Waals surface area contributed by atoms with Gasteiger partial charge >= 0.3 is 6.03 Å². The lowest BCUT2D eigenvalue weighted by atomic mass is 10.2. The lowest BCUT2D eigenvalue weighted by Gasteiger charge is -2.07. The minimum Gasteiger partial charge on any atom is -0.382 e. The Morgan fingerprint density at radius 2 is 1.86 bits per heavy atom. The Labute approximate surface area is 161 Å². The van der Waals surface area contributed by atoms with Crippen molar-refractivity contribution in [3.8, 4) is 11.8 Å². The Morgan fingerprint density at radius 1 is 1.04 bits per heavy atom. The number of urea groups is 1. The highest BCUT2D eigenvalue weighted by atomic mass is 16.2. The zero-order valence-electron chi connectivity index (χ0n) is 14.9. The molecule has 28 heavy (non-hydrogen) atoms. The van der Waals surface area contributed by atoms with Gasteiger partial charge in [0, 0.05) is 36.1 Å². The molecule has 0 aliphatic heterocycles. The second-order valence-electron chi connectivity index (χ2n) is 5.68. The van der Waals surface area contributed by atoms with Crippen LogP contribution in [0.3, 0.4) is 0 Å². The van der Waals surface area contributed by atoms with Crippen LogP contribution in [0.25, 0.3) is 0 Å². The lowest BCUT2D eigenvalue weighted by molar-refractivity contribution is 0.252. The number of rotatable bonds is 4. The number of nitrogens with one attached hydrogen (secondary N) is 2. The third kappa shape index (κ3) is 5.15. The van der Waals surface area contributed by atoms with Crippen LogP contribution in [0.4, 0.5) is 22.1 Å². The molecule has 0 atom stereocenters. The minimum absolute atomic E-state index is 0.220. The number of benzene rings is 1. The summed E-state index contributed by atoms with van der Waals surface area (Å²) in [6.45, 7) is 0.453. The number of nitrogens with two attached hydrogens (primary N) is 2. The molecular formula is C19H18N8O. The van der Waals surface area contributed by atoms with Gasteiger partial charge in [-0.2, -0.15) is 0 Å². The van der Waals surface area contributed by atoms with E-state index in [-0.39, 0.29) is 17.7 Å². The van der Waals surface area contributed by atoms with Crippen LogP contribution < -0.4 is 22.1 Å². The maximum absolute atomic E-state index is 12.0. The number of nitrogens with zero attached hydrogens (tertiary/aromatic N) is 4. The number of hydrogen-bond acceptors (Lipinski definition) is 7. The Bertz CT molecular complexity index is 1010. The fraction of sp³-hybridized carbons (Fsp3) is 0.105. The van der Waals surface area contributed by atoms with Gasteiger partial charge in [-0.3, -0.25) is 0 Å². The van der Waals surface area contributed by atoms with E-state index in [0.29, 0.717) is 29.8 Å². The quantitative estimate of drug-likeness (QED) is 0.502. The third-order valence-corrected chi connectivity index (χ3v) is 3.67. The maximum Gasteiger partial charge on any atom is 0.319 e. The zero-order valence-corrected chi connectivity index (χ0v) is 14.9. The first kappa shape index (κ1) is 18.6. The van der Waals surface area contributed by atoms with E-state index in [0.717, 1.165) is 5.69 Å². The molecule has 0 bridgehead atoms. The van der Waals surface area contributed by atoms with Crippen molar-refractivity contribution in [3.63, 3.8) is 0 Å². The molecular weight excluding hydrogens is 356 g/mol. The lowest BCUT2D eigenvalue weighted by Crippen LogP contribution is -2.30. The number of carbonyl (C=O) groups is 1. The van der Waals surface area contributed by atoms with Gasteiger partial charge in [0.05, 0.1) is 0 Å². The van der Waals surface area contributed by atoms with Crippen molar-refractivity contribution >= 4 is 23.4 Å². The first-order valence-electron chi connectivity index (χ1n) is 8.39. The highest BCUT2D eigenvalue weighted by molar-refractivity contribution is 5.89. The van der Waals surface area contributed by atoms with Gasteiger partial charge in [0.25, 0.3) is 0 Å². The summed E-state index contributed by atoms with van der Waals surface area (Å²) < 4.78 is 0. The normalized spacial score (nSPS) is 9.86. The number of aromatic nitrogens is 4. The smallest absolute Gasteiger partial charge is 0.319 e. The third-order valence-electron chi connectivity index (χ3n) is 3.67. The molecule has 0 fully saturated rings. The summed E-state index contributed by atoms with van der Waals surface area (Å²) in [6.07, 6.45) is 5.04. The summed E-state index contributed by atoms with van der Waals surface area (Å²) in [6, 6.07) is 8.59. The van der Waals surface area contributed by atoms with E-state index in [1.807, 2.05) is 0 Å². The first-order chi connectivity index (χ1) is 13.6. The van der Waals surface area contributed by atoms with E-state index >= 15 is 0 Å². The molecule has 6 N–H and O–H groups in total. The topological polar surface area (TPSA) is 145 Å². The van der Waals surface area contributed by atoms with Crippen molar-refractivity contribution in [1.29, 1.82) is 0 Å². The predicted octanol–water partition coefficient (Wildman–Crippen LogP) is 1.19. The van der Waals surface area contributed by atoms with Gasteiger partial charge < -0.3 is 22.1 Å². The van der Waals surface area contributed by atoms with E-state index in [9.17, 15) is 4.79 Å². The number of anilines is 3. The van der Waals surface area contributed by atoms with Crippen molar-refractivity contribution in [3.05, 3.63) is 66.0 Å². The number of nitrogen functional groups attached to an aromatic ring is 2. The van der Waals surface area contributed by atoms with Gasteiger partial charge in [0.15, 0.2) is 0 Å². The second kappa shape index (κ2) is 8.95. The summed E-state index contributed by atoms with van der Waals surface area (Å²) in [5.41, 5.74) is 14.1. The molecule has 3 aromatic rings. The van der Waals surface area contributed by atoms with E-state index in [4.69, 9.17) is 11.5 Å². The average Bonchev–Trinajstić information content (AvgIpc) is 2.69. The number of amides is 2. The Hall–Kier alpha value is -4.19. The fourth-order valence-electron chi connectivity index (χ4n) is 2.30. The summed E-state index contributed by atoms with van der Waals surface area (Å²) in [5, 5.41) is 5.54. The van der Waals surface area contributed by atoms with Crippen LogP contribution in [-0.4, -0.2) is 32.5 Å². The van der Waals surface area contributed by atoms with Gasteiger partial charge in [0.2, 0.25) is 0 Å². The van der Waals surface area contributed by atoms with E-state index in [2.05, 4.69) is 42.4 Å². The van der Waals surface area contributed by atoms with Crippen molar-refractivity contribution < 1.29 is 4.79 Å². The number of hydrogen-bond donors (Lipinski definition) is 4. The molecule has 9 nitrogen and oxygen atoms in total. The molecule has 1 aromatic carbocycles. The SMILES string of the molecule is Nc1ncnc(N)c1C#Cc1cccc(NC(=O)NCCc2ccncn2)c1. The monoisotopic (exact) mass is 374 g/mol. The summed E-state index contributed by atoms with van der Waals surface area (Å²) in [5.74, 6) is 6.25. The first-order valence-corrected chi connectivity index (χ1v) is 8.39. The van der Waals surface area contributed by atoms with Gasteiger partial charge in [-0.15, -0.1) is 0 Å². The minimum atomic E-state index is -0.316. The Morgan fingerprint density at radius 3 is 2.61 bits per heavy atom. The molecule has 9 heteroatoms. The molecule has 3 rings (SSSR count). The van der Waals surface area contributed by atoms with E-state index < -0.39 is 0 Å².